The molecule has 3 atom stereocenters. The highest BCUT2D eigenvalue weighted by atomic mass is 79.9. The molecule has 18 heavy (non-hydrogen) atoms. The molecule has 0 spiro atoms. The highest BCUT2D eigenvalue weighted by molar-refractivity contribution is 9.10. The van der Waals surface area contributed by atoms with Gasteiger partial charge in [-0.2, -0.15) is 0 Å². The number of benzene rings is 1. The summed E-state index contributed by atoms with van der Waals surface area (Å²) in [7, 11) is 0. The molecule has 2 fully saturated rings. The molecule has 2 nitrogen and oxygen atoms in total. The smallest absolute Gasteiger partial charge is 0.124 e. The summed E-state index contributed by atoms with van der Waals surface area (Å²) in [6, 6.07) is 5.42. The zero-order chi connectivity index (χ0) is 12.5. The van der Waals surface area contributed by atoms with E-state index in [1.54, 1.807) is 0 Å². The van der Waals surface area contributed by atoms with Crippen molar-refractivity contribution in [1.29, 1.82) is 0 Å². The fraction of sp³-hybridized carbons (Fsp3) is 0.571. The molecule has 0 amide bonds. The fourth-order valence-corrected chi connectivity index (χ4v) is 3.63. The largest absolute Gasteiger partial charge is 0.372 e. The number of nitrogens with one attached hydrogen (secondary N) is 1. The van der Waals surface area contributed by atoms with E-state index in [-0.39, 0.29) is 11.9 Å². The molecule has 2 aliphatic rings. The van der Waals surface area contributed by atoms with Crippen molar-refractivity contribution in [1.82, 2.24) is 5.32 Å². The number of fused-ring (bicyclic) bond motifs is 1. The molecule has 1 saturated carbocycles. The molecule has 4 heteroatoms. The third kappa shape index (κ3) is 2.46. The second kappa shape index (κ2) is 5.27. The average Bonchev–Trinajstić information content (AvgIpc) is 2.70. The summed E-state index contributed by atoms with van der Waals surface area (Å²) in [6.45, 7) is 1.62. The van der Waals surface area contributed by atoms with Gasteiger partial charge < -0.3 is 10.1 Å². The first-order chi connectivity index (χ1) is 8.74. The molecule has 1 saturated heterocycles. The third-order valence-corrected chi connectivity index (χ3v) is 4.73. The van der Waals surface area contributed by atoms with Crippen LogP contribution < -0.4 is 5.32 Å². The van der Waals surface area contributed by atoms with Crippen molar-refractivity contribution in [2.24, 2.45) is 5.92 Å². The molecule has 0 radical (unpaired) electrons. The summed E-state index contributed by atoms with van der Waals surface area (Å²) in [5, 5.41) is 3.59. The highest BCUT2D eigenvalue weighted by Gasteiger charge is 2.32. The first-order valence-corrected chi connectivity index (χ1v) is 7.33. The molecule has 1 N–H and O–H groups in total. The summed E-state index contributed by atoms with van der Waals surface area (Å²) in [4.78, 5) is 0. The zero-order valence-corrected chi connectivity index (χ0v) is 11.7. The van der Waals surface area contributed by atoms with Gasteiger partial charge in [-0.3, -0.25) is 0 Å². The fourth-order valence-electron chi connectivity index (χ4n) is 3.02. The minimum atomic E-state index is -0.218. The molecule has 1 aliphatic heterocycles. The molecule has 1 aliphatic carbocycles. The molecule has 3 unspecified atom stereocenters. The van der Waals surface area contributed by atoms with Gasteiger partial charge in [0.25, 0.3) is 0 Å². The first-order valence-electron chi connectivity index (χ1n) is 6.54. The predicted octanol–water partition coefficient (Wildman–Crippen LogP) is 3.42. The summed E-state index contributed by atoms with van der Waals surface area (Å²) in [6.07, 6.45) is 3.84. The Morgan fingerprint density at radius 3 is 3.06 bits per heavy atom. The lowest BCUT2D eigenvalue weighted by Gasteiger charge is -2.17. The van der Waals surface area contributed by atoms with Crippen LogP contribution in [0.15, 0.2) is 22.7 Å². The Hall–Kier alpha value is -0.450. The van der Waals surface area contributed by atoms with Crippen LogP contribution in [0.25, 0.3) is 0 Å². The normalized spacial score (nSPS) is 32.0. The standard InChI is InChI=1S/C14H17BrFNO/c15-12-6-10(16)4-5-11(12)14-7-17-13-3-1-2-9(13)8-18-14/h4-6,9,13-14,17H,1-3,7-8H2. The van der Waals surface area contributed by atoms with Gasteiger partial charge in [-0.15, -0.1) is 0 Å². The van der Waals surface area contributed by atoms with Gasteiger partial charge in [0.05, 0.1) is 12.7 Å². The van der Waals surface area contributed by atoms with Gasteiger partial charge in [0.15, 0.2) is 0 Å². The van der Waals surface area contributed by atoms with Gasteiger partial charge in [-0.1, -0.05) is 28.4 Å². The van der Waals surface area contributed by atoms with Crippen LogP contribution >= 0.6 is 15.9 Å². The maximum atomic E-state index is 13.1. The van der Waals surface area contributed by atoms with Crippen molar-refractivity contribution in [3.05, 3.63) is 34.1 Å². The van der Waals surface area contributed by atoms with E-state index in [2.05, 4.69) is 21.2 Å². The van der Waals surface area contributed by atoms with Crippen molar-refractivity contribution in [2.75, 3.05) is 13.2 Å². The molecule has 98 valence electrons. The topological polar surface area (TPSA) is 21.3 Å². The SMILES string of the molecule is Fc1ccc(C2CNC3CCCC3CO2)c(Br)c1. The first kappa shape index (κ1) is 12.6. The second-order valence-electron chi connectivity index (χ2n) is 5.19. The molecule has 1 aromatic rings. The highest BCUT2D eigenvalue weighted by Crippen LogP contribution is 2.33. The van der Waals surface area contributed by atoms with Crippen LogP contribution in [0.1, 0.15) is 30.9 Å². The molecule has 1 heterocycles. The number of ether oxygens (including phenoxy) is 1. The number of hydrogen-bond acceptors (Lipinski definition) is 2. The van der Waals surface area contributed by atoms with Gasteiger partial charge in [-0.25, -0.2) is 4.39 Å². The minimum absolute atomic E-state index is 0.0191. The Bertz CT molecular complexity index is 426. The monoisotopic (exact) mass is 313 g/mol. The number of rotatable bonds is 1. The molecule has 0 aromatic heterocycles. The lowest BCUT2D eigenvalue weighted by molar-refractivity contribution is 0.0469. The maximum absolute atomic E-state index is 13.1. The molecule has 1 aromatic carbocycles. The van der Waals surface area contributed by atoms with Crippen LogP contribution in [0.2, 0.25) is 0 Å². The van der Waals surface area contributed by atoms with E-state index < -0.39 is 0 Å². The van der Waals surface area contributed by atoms with Crippen LogP contribution in [0.5, 0.6) is 0 Å². The predicted molar refractivity (Wildman–Crippen MR) is 71.9 cm³/mol. The Morgan fingerprint density at radius 1 is 1.33 bits per heavy atom. The molecule has 3 rings (SSSR count). The van der Waals surface area contributed by atoms with Gasteiger partial charge in [0, 0.05) is 17.1 Å². The van der Waals surface area contributed by atoms with Crippen molar-refractivity contribution in [3.63, 3.8) is 0 Å². The summed E-state index contributed by atoms with van der Waals surface area (Å²) in [5.74, 6) is 0.429. The van der Waals surface area contributed by atoms with E-state index in [1.807, 2.05) is 6.07 Å². The van der Waals surface area contributed by atoms with E-state index in [0.717, 1.165) is 23.2 Å². The van der Waals surface area contributed by atoms with Crippen LogP contribution in [0, 0.1) is 11.7 Å². The van der Waals surface area contributed by atoms with Crippen LogP contribution in [-0.4, -0.2) is 19.2 Å². The van der Waals surface area contributed by atoms with Gasteiger partial charge in [-0.05, 0) is 36.5 Å². The zero-order valence-electron chi connectivity index (χ0n) is 10.2. The maximum Gasteiger partial charge on any atom is 0.124 e. The van der Waals surface area contributed by atoms with Crippen LogP contribution in [0.3, 0.4) is 0 Å². The lowest BCUT2D eigenvalue weighted by atomic mass is 10.1. The summed E-state index contributed by atoms with van der Waals surface area (Å²) < 4.78 is 19.9. The van der Waals surface area contributed by atoms with Crippen LogP contribution in [-0.2, 0) is 4.74 Å². The van der Waals surface area contributed by atoms with E-state index in [4.69, 9.17) is 4.74 Å². The Balaban J connectivity index is 1.76. The van der Waals surface area contributed by atoms with Gasteiger partial charge in [0.1, 0.15) is 5.82 Å². The number of hydrogen-bond donors (Lipinski definition) is 1. The third-order valence-electron chi connectivity index (χ3n) is 4.05. The van der Waals surface area contributed by atoms with E-state index in [1.165, 1.54) is 31.4 Å². The molecular weight excluding hydrogens is 297 g/mol. The van der Waals surface area contributed by atoms with Crippen molar-refractivity contribution in [2.45, 2.75) is 31.4 Å². The quantitative estimate of drug-likeness (QED) is 0.858. The number of halogens is 2. The van der Waals surface area contributed by atoms with Gasteiger partial charge >= 0.3 is 0 Å². The Labute approximate surface area is 115 Å². The van der Waals surface area contributed by atoms with Crippen LogP contribution in [0.4, 0.5) is 4.39 Å². The minimum Gasteiger partial charge on any atom is -0.372 e. The molecule has 0 bridgehead atoms. The second-order valence-corrected chi connectivity index (χ2v) is 6.05. The molecular formula is C14H17BrFNO. The summed E-state index contributed by atoms with van der Waals surface area (Å²) >= 11 is 3.42. The Kier molecular flexibility index (Phi) is 3.68. The lowest BCUT2D eigenvalue weighted by Crippen LogP contribution is -2.32. The average molecular weight is 314 g/mol. The van der Waals surface area contributed by atoms with E-state index >= 15 is 0 Å². The summed E-state index contributed by atoms with van der Waals surface area (Å²) in [5.41, 5.74) is 1.03. The van der Waals surface area contributed by atoms with Crippen molar-refractivity contribution >= 4 is 15.9 Å². The van der Waals surface area contributed by atoms with E-state index in [0.29, 0.717) is 12.0 Å². The van der Waals surface area contributed by atoms with Gasteiger partial charge in [0.2, 0.25) is 0 Å². The van der Waals surface area contributed by atoms with Crippen molar-refractivity contribution < 1.29 is 9.13 Å². The van der Waals surface area contributed by atoms with Crippen molar-refractivity contribution in [3.8, 4) is 0 Å². The van der Waals surface area contributed by atoms with E-state index in [9.17, 15) is 4.39 Å². The Morgan fingerprint density at radius 2 is 2.22 bits per heavy atom.